The molecule has 0 bridgehead atoms. The van der Waals surface area contributed by atoms with Crippen molar-refractivity contribution in [1.29, 1.82) is 0 Å². The maximum atomic E-state index is 12.2. The fourth-order valence-electron chi connectivity index (χ4n) is 2.29. The van der Waals surface area contributed by atoms with Crippen molar-refractivity contribution >= 4 is 34.9 Å². The van der Waals surface area contributed by atoms with Crippen molar-refractivity contribution in [3.63, 3.8) is 0 Å². The zero-order valence-electron chi connectivity index (χ0n) is 13.1. The van der Waals surface area contributed by atoms with Gasteiger partial charge < -0.3 is 5.32 Å². The highest BCUT2D eigenvalue weighted by atomic mass is 35.5. The van der Waals surface area contributed by atoms with E-state index in [9.17, 15) is 4.79 Å². The van der Waals surface area contributed by atoms with Crippen molar-refractivity contribution in [3.8, 4) is 0 Å². The number of halogens is 2. The zero-order chi connectivity index (χ0) is 17.3. The molecule has 0 radical (unpaired) electrons. The molecule has 3 aromatic rings. The van der Waals surface area contributed by atoms with Gasteiger partial charge in [-0.3, -0.25) is 14.2 Å². The summed E-state index contributed by atoms with van der Waals surface area (Å²) in [7, 11) is 1.75. The van der Waals surface area contributed by atoms with E-state index in [1.165, 1.54) is 6.20 Å². The third kappa shape index (κ3) is 3.44. The quantitative estimate of drug-likeness (QED) is 0.770. The van der Waals surface area contributed by atoms with Gasteiger partial charge in [0, 0.05) is 40.6 Å². The van der Waals surface area contributed by atoms with Crippen LogP contribution in [0.15, 0.2) is 36.7 Å². The Morgan fingerprint density at radius 3 is 2.62 bits per heavy atom. The highest BCUT2D eigenvalue weighted by Crippen LogP contribution is 2.25. The number of hydrogen-bond acceptors (Lipinski definition) is 3. The van der Waals surface area contributed by atoms with E-state index in [1.807, 2.05) is 6.92 Å². The predicted molar refractivity (Wildman–Crippen MR) is 93.7 cm³/mol. The maximum Gasteiger partial charge on any atom is 0.260 e. The third-order valence-corrected chi connectivity index (χ3v) is 4.27. The molecular formula is C16H15Cl2N5O. The smallest absolute Gasteiger partial charge is 0.260 e. The molecule has 124 valence electrons. The number of nitrogens with one attached hydrogen (secondary N) is 1. The van der Waals surface area contributed by atoms with Crippen LogP contribution in [-0.2, 0) is 13.6 Å². The van der Waals surface area contributed by atoms with Crippen LogP contribution in [0.1, 0.15) is 21.6 Å². The molecule has 1 N–H and O–H groups in total. The lowest BCUT2D eigenvalue weighted by Crippen LogP contribution is -2.12. The number of benzene rings is 1. The van der Waals surface area contributed by atoms with Gasteiger partial charge in [0.05, 0.1) is 18.3 Å². The van der Waals surface area contributed by atoms with Crippen LogP contribution in [0.25, 0.3) is 0 Å². The van der Waals surface area contributed by atoms with E-state index in [-0.39, 0.29) is 5.91 Å². The highest BCUT2D eigenvalue weighted by molar-refractivity contribution is 6.35. The molecule has 8 heteroatoms. The van der Waals surface area contributed by atoms with E-state index in [4.69, 9.17) is 23.2 Å². The molecule has 1 aromatic carbocycles. The van der Waals surface area contributed by atoms with Crippen molar-refractivity contribution in [1.82, 2.24) is 19.6 Å². The van der Waals surface area contributed by atoms with Crippen LogP contribution in [0.4, 0.5) is 5.82 Å². The van der Waals surface area contributed by atoms with Gasteiger partial charge in [0.2, 0.25) is 0 Å². The Morgan fingerprint density at radius 2 is 2.00 bits per heavy atom. The average Bonchev–Trinajstić information content (AvgIpc) is 3.09. The van der Waals surface area contributed by atoms with E-state index in [0.717, 1.165) is 11.3 Å². The summed E-state index contributed by atoms with van der Waals surface area (Å²) in [6.07, 6.45) is 3.14. The molecule has 0 aliphatic carbocycles. The van der Waals surface area contributed by atoms with Crippen LogP contribution >= 0.6 is 23.2 Å². The van der Waals surface area contributed by atoms with Gasteiger partial charge in [-0.1, -0.05) is 29.3 Å². The second-order valence-electron chi connectivity index (χ2n) is 5.39. The molecule has 0 saturated carbocycles. The number of aryl methyl sites for hydroxylation is 2. The first-order valence-electron chi connectivity index (χ1n) is 7.21. The number of nitrogens with zero attached hydrogens (tertiary/aromatic N) is 4. The summed E-state index contributed by atoms with van der Waals surface area (Å²) < 4.78 is 3.31. The molecule has 0 unspecified atom stereocenters. The zero-order valence-corrected chi connectivity index (χ0v) is 14.6. The Labute approximate surface area is 149 Å². The second kappa shape index (κ2) is 6.67. The highest BCUT2D eigenvalue weighted by Gasteiger charge is 2.13. The lowest BCUT2D eigenvalue weighted by atomic mass is 10.2. The van der Waals surface area contributed by atoms with Crippen LogP contribution in [0.5, 0.6) is 0 Å². The van der Waals surface area contributed by atoms with E-state index >= 15 is 0 Å². The molecule has 2 heterocycles. The lowest BCUT2D eigenvalue weighted by molar-refractivity contribution is 0.102. The summed E-state index contributed by atoms with van der Waals surface area (Å²) in [5.41, 5.74) is 2.14. The van der Waals surface area contributed by atoms with Crippen molar-refractivity contribution in [2.45, 2.75) is 13.5 Å². The number of amides is 1. The molecule has 6 nitrogen and oxygen atoms in total. The van der Waals surface area contributed by atoms with Crippen LogP contribution < -0.4 is 5.32 Å². The topological polar surface area (TPSA) is 64.7 Å². The van der Waals surface area contributed by atoms with Gasteiger partial charge in [-0.2, -0.15) is 10.2 Å². The first-order valence-corrected chi connectivity index (χ1v) is 7.97. The minimum Gasteiger partial charge on any atom is -0.305 e. The first kappa shape index (κ1) is 16.5. The SMILES string of the molecule is Cc1cc(NC(=O)c2cnn(C)c2)nn1Cc1c(Cl)cccc1Cl. The molecule has 2 aromatic heterocycles. The summed E-state index contributed by atoms with van der Waals surface area (Å²) in [6, 6.07) is 7.15. The van der Waals surface area contributed by atoms with Crippen molar-refractivity contribution in [2.75, 3.05) is 5.32 Å². The first-order chi connectivity index (χ1) is 11.4. The summed E-state index contributed by atoms with van der Waals surface area (Å²) in [5.74, 6) is 0.202. The fourth-order valence-corrected chi connectivity index (χ4v) is 2.81. The fraction of sp³-hybridized carbons (Fsp3) is 0.188. The van der Waals surface area contributed by atoms with E-state index in [2.05, 4.69) is 15.5 Å². The monoisotopic (exact) mass is 363 g/mol. The van der Waals surface area contributed by atoms with Crippen molar-refractivity contribution < 1.29 is 4.79 Å². The van der Waals surface area contributed by atoms with Crippen LogP contribution in [0, 0.1) is 6.92 Å². The third-order valence-electron chi connectivity index (χ3n) is 3.56. The molecule has 3 rings (SSSR count). The lowest BCUT2D eigenvalue weighted by Gasteiger charge is -2.08. The summed E-state index contributed by atoms with van der Waals surface area (Å²) in [6.45, 7) is 2.32. The van der Waals surface area contributed by atoms with Crippen LogP contribution in [-0.4, -0.2) is 25.5 Å². The van der Waals surface area contributed by atoms with Gasteiger partial charge in [-0.05, 0) is 19.1 Å². The normalized spacial score (nSPS) is 10.8. The Balaban J connectivity index is 1.79. The molecule has 0 aliphatic rings. The summed E-state index contributed by atoms with van der Waals surface area (Å²) in [4.78, 5) is 12.2. The van der Waals surface area contributed by atoms with Crippen LogP contribution in [0.2, 0.25) is 10.0 Å². The van der Waals surface area contributed by atoms with Gasteiger partial charge in [0.25, 0.3) is 5.91 Å². The second-order valence-corrected chi connectivity index (χ2v) is 6.20. The van der Waals surface area contributed by atoms with Gasteiger partial charge in [-0.25, -0.2) is 0 Å². The number of anilines is 1. The van der Waals surface area contributed by atoms with E-state index in [1.54, 1.807) is 46.9 Å². The number of carbonyl (C=O) groups excluding carboxylic acids is 1. The van der Waals surface area contributed by atoms with Crippen molar-refractivity contribution in [3.05, 3.63) is 63.5 Å². The van der Waals surface area contributed by atoms with Gasteiger partial charge in [0.15, 0.2) is 5.82 Å². The molecule has 0 aliphatic heterocycles. The molecule has 1 amide bonds. The number of hydrogen-bond donors (Lipinski definition) is 1. The molecule has 0 atom stereocenters. The van der Waals surface area contributed by atoms with Gasteiger partial charge in [0.1, 0.15) is 0 Å². The molecular weight excluding hydrogens is 349 g/mol. The Kier molecular flexibility index (Phi) is 4.59. The Hall–Kier alpha value is -2.31. The molecule has 24 heavy (non-hydrogen) atoms. The van der Waals surface area contributed by atoms with Crippen molar-refractivity contribution in [2.24, 2.45) is 7.05 Å². The standard InChI is InChI=1S/C16H15Cl2N5O/c1-10-6-15(20-16(24)11-7-19-22(2)8-11)21-23(10)9-12-13(17)4-3-5-14(12)18/h3-8H,9H2,1-2H3,(H,20,21,24). The summed E-state index contributed by atoms with van der Waals surface area (Å²) >= 11 is 12.4. The predicted octanol–water partition coefficient (Wildman–Crippen LogP) is 3.53. The number of carbonyl (C=O) groups is 1. The minimum atomic E-state index is -0.261. The van der Waals surface area contributed by atoms with E-state index in [0.29, 0.717) is 28.0 Å². The molecule has 0 saturated heterocycles. The van der Waals surface area contributed by atoms with E-state index < -0.39 is 0 Å². The maximum absolute atomic E-state index is 12.2. The minimum absolute atomic E-state index is 0.261. The Bertz CT molecular complexity index is 880. The summed E-state index contributed by atoms with van der Waals surface area (Å²) in [5, 5.41) is 12.3. The largest absolute Gasteiger partial charge is 0.305 e. The number of rotatable bonds is 4. The Morgan fingerprint density at radius 1 is 1.29 bits per heavy atom. The van der Waals surface area contributed by atoms with Gasteiger partial charge in [-0.15, -0.1) is 0 Å². The van der Waals surface area contributed by atoms with Crippen LogP contribution in [0.3, 0.4) is 0 Å². The molecule has 0 spiro atoms. The van der Waals surface area contributed by atoms with Gasteiger partial charge >= 0.3 is 0 Å². The molecule has 0 fully saturated rings. The average molecular weight is 364 g/mol. The number of aromatic nitrogens is 4.